The van der Waals surface area contributed by atoms with E-state index in [-0.39, 0.29) is 18.3 Å². The van der Waals surface area contributed by atoms with Gasteiger partial charge in [0.05, 0.1) is 28.6 Å². The van der Waals surface area contributed by atoms with E-state index in [0.29, 0.717) is 0 Å². The first-order valence-electron chi connectivity index (χ1n) is 7.57. The van der Waals surface area contributed by atoms with Crippen molar-refractivity contribution in [2.45, 2.75) is 59.3 Å². The van der Waals surface area contributed by atoms with Gasteiger partial charge in [-0.1, -0.05) is 6.07 Å². The standard InChI is InChI=1S/C16H23BN2O2/c1-7-19-10-18-13-9-8-12(11(2)14(13)19)17-20-15(3,4)16(5,6)21-17/h8-10H,7H2,1-6H3. The summed E-state index contributed by atoms with van der Waals surface area (Å²) in [6, 6.07) is 4.13. The highest BCUT2D eigenvalue weighted by Gasteiger charge is 2.52. The molecule has 4 nitrogen and oxygen atoms in total. The van der Waals surface area contributed by atoms with Crippen molar-refractivity contribution in [2.75, 3.05) is 0 Å². The fourth-order valence-corrected chi connectivity index (χ4v) is 2.82. The Morgan fingerprint density at radius 1 is 1.14 bits per heavy atom. The molecule has 21 heavy (non-hydrogen) atoms. The minimum Gasteiger partial charge on any atom is -0.399 e. The molecule has 1 aromatic carbocycles. The van der Waals surface area contributed by atoms with Crippen LogP contribution >= 0.6 is 0 Å². The molecular weight excluding hydrogens is 263 g/mol. The maximum Gasteiger partial charge on any atom is 0.495 e. The molecule has 0 aliphatic carbocycles. The zero-order valence-corrected chi connectivity index (χ0v) is 13.7. The molecule has 1 saturated heterocycles. The largest absolute Gasteiger partial charge is 0.495 e. The fraction of sp³-hybridized carbons (Fsp3) is 0.562. The number of rotatable bonds is 2. The first-order chi connectivity index (χ1) is 9.77. The number of aryl methyl sites for hydroxylation is 2. The topological polar surface area (TPSA) is 36.3 Å². The van der Waals surface area contributed by atoms with Crippen molar-refractivity contribution in [3.05, 3.63) is 24.0 Å². The van der Waals surface area contributed by atoms with E-state index in [0.717, 1.165) is 17.5 Å². The molecule has 0 radical (unpaired) electrons. The number of aromatic nitrogens is 2. The van der Waals surface area contributed by atoms with Crippen molar-refractivity contribution in [1.29, 1.82) is 0 Å². The van der Waals surface area contributed by atoms with Crippen molar-refractivity contribution in [3.63, 3.8) is 0 Å². The second-order valence-corrected chi connectivity index (χ2v) is 6.77. The van der Waals surface area contributed by atoms with Crippen LogP contribution in [0.1, 0.15) is 40.2 Å². The second-order valence-electron chi connectivity index (χ2n) is 6.77. The van der Waals surface area contributed by atoms with Crippen LogP contribution in [-0.4, -0.2) is 27.9 Å². The van der Waals surface area contributed by atoms with Crippen LogP contribution in [0.2, 0.25) is 0 Å². The highest BCUT2D eigenvalue weighted by Crippen LogP contribution is 2.37. The van der Waals surface area contributed by atoms with Crippen LogP contribution in [0.25, 0.3) is 11.0 Å². The van der Waals surface area contributed by atoms with E-state index in [1.54, 1.807) is 0 Å². The third-order valence-electron chi connectivity index (χ3n) is 4.92. The zero-order chi connectivity index (χ0) is 15.4. The summed E-state index contributed by atoms with van der Waals surface area (Å²) in [5.41, 5.74) is 3.84. The Hall–Kier alpha value is -1.33. The Balaban J connectivity index is 2.08. The van der Waals surface area contributed by atoms with Gasteiger partial charge in [-0.2, -0.15) is 0 Å². The summed E-state index contributed by atoms with van der Waals surface area (Å²) in [7, 11) is -0.320. The van der Waals surface area contributed by atoms with E-state index < -0.39 is 0 Å². The maximum absolute atomic E-state index is 6.18. The lowest BCUT2D eigenvalue weighted by Gasteiger charge is -2.32. The van der Waals surface area contributed by atoms with Gasteiger partial charge in [0.1, 0.15) is 0 Å². The molecule has 5 heteroatoms. The smallest absolute Gasteiger partial charge is 0.399 e. The first-order valence-corrected chi connectivity index (χ1v) is 7.57. The predicted octanol–water partition coefficient (Wildman–Crippen LogP) is 2.66. The molecule has 1 aliphatic heterocycles. The van der Waals surface area contributed by atoms with E-state index in [1.165, 1.54) is 11.1 Å². The summed E-state index contributed by atoms with van der Waals surface area (Å²) in [5, 5.41) is 0. The van der Waals surface area contributed by atoms with E-state index in [4.69, 9.17) is 9.31 Å². The number of nitrogens with zero attached hydrogens (tertiary/aromatic N) is 2. The van der Waals surface area contributed by atoms with Crippen LogP contribution in [-0.2, 0) is 15.9 Å². The molecule has 0 N–H and O–H groups in total. The second kappa shape index (κ2) is 4.58. The monoisotopic (exact) mass is 286 g/mol. The van der Waals surface area contributed by atoms with Crippen molar-refractivity contribution < 1.29 is 9.31 Å². The molecule has 0 unspecified atom stereocenters. The lowest BCUT2D eigenvalue weighted by Crippen LogP contribution is -2.41. The van der Waals surface area contributed by atoms with Gasteiger partial charge in [-0.3, -0.25) is 0 Å². The van der Waals surface area contributed by atoms with Crippen molar-refractivity contribution in [1.82, 2.24) is 9.55 Å². The fourth-order valence-electron chi connectivity index (χ4n) is 2.82. The van der Waals surface area contributed by atoms with Gasteiger partial charge < -0.3 is 13.9 Å². The van der Waals surface area contributed by atoms with Crippen molar-refractivity contribution in [3.8, 4) is 0 Å². The average Bonchev–Trinajstić information content (AvgIpc) is 2.89. The lowest BCUT2D eigenvalue weighted by atomic mass is 9.76. The molecular formula is C16H23BN2O2. The quantitative estimate of drug-likeness (QED) is 0.796. The normalized spacial score (nSPS) is 20.4. The van der Waals surface area contributed by atoms with Crippen LogP contribution < -0.4 is 5.46 Å². The highest BCUT2D eigenvalue weighted by atomic mass is 16.7. The molecule has 1 fully saturated rings. The van der Waals surface area contributed by atoms with E-state index in [9.17, 15) is 0 Å². The lowest BCUT2D eigenvalue weighted by molar-refractivity contribution is 0.00578. The molecule has 3 rings (SSSR count). The summed E-state index contributed by atoms with van der Waals surface area (Å²) in [4.78, 5) is 4.46. The molecule has 2 heterocycles. The van der Waals surface area contributed by atoms with Crippen molar-refractivity contribution in [2.24, 2.45) is 0 Å². The number of hydrogen-bond acceptors (Lipinski definition) is 3. The van der Waals surface area contributed by atoms with Gasteiger partial charge in [-0.15, -0.1) is 0 Å². The molecule has 1 aliphatic rings. The predicted molar refractivity (Wildman–Crippen MR) is 85.9 cm³/mol. The number of hydrogen-bond donors (Lipinski definition) is 0. The van der Waals surface area contributed by atoms with Gasteiger partial charge >= 0.3 is 7.12 Å². The molecule has 1 aromatic heterocycles. The summed E-state index contributed by atoms with van der Waals surface area (Å²) in [6.07, 6.45) is 1.89. The van der Waals surface area contributed by atoms with Gasteiger partial charge in [0.2, 0.25) is 0 Å². The summed E-state index contributed by atoms with van der Waals surface area (Å²) >= 11 is 0. The van der Waals surface area contributed by atoms with Crippen LogP contribution in [0.15, 0.2) is 18.5 Å². The van der Waals surface area contributed by atoms with E-state index in [2.05, 4.69) is 63.2 Å². The Morgan fingerprint density at radius 3 is 2.33 bits per heavy atom. The van der Waals surface area contributed by atoms with Gasteiger partial charge in [-0.25, -0.2) is 4.98 Å². The Kier molecular flexibility index (Phi) is 3.19. The molecule has 0 bridgehead atoms. The molecule has 0 spiro atoms. The number of fused-ring (bicyclic) bond motifs is 1. The maximum atomic E-state index is 6.18. The third-order valence-corrected chi connectivity index (χ3v) is 4.92. The van der Waals surface area contributed by atoms with Crippen LogP contribution in [0.4, 0.5) is 0 Å². The van der Waals surface area contributed by atoms with Crippen LogP contribution in [0, 0.1) is 6.92 Å². The van der Waals surface area contributed by atoms with E-state index >= 15 is 0 Å². The highest BCUT2D eigenvalue weighted by molar-refractivity contribution is 6.63. The van der Waals surface area contributed by atoms with Crippen LogP contribution in [0.5, 0.6) is 0 Å². The molecule has 112 valence electrons. The Bertz CT molecular complexity index is 675. The number of benzene rings is 1. The van der Waals surface area contributed by atoms with Gasteiger partial charge in [0.25, 0.3) is 0 Å². The van der Waals surface area contributed by atoms with Gasteiger partial charge in [-0.05, 0) is 58.6 Å². The average molecular weight is 286 g/mol. The third kappa shape index (κ3) is 2.10. The van der Waals surface area contributed by atoms with E-state index in [1.807, 2.05) is 6.33 Å². The minimum absolute atomic E-state index is 0.315. The summed E-state index contributed by atoms with van der Waals surface area (Å²) in [5.74, 6) is 0. The SMILES string of the molecule is CCn1cnc2ccc(B3OC(C)(C)C(C)(C)O3)c(C)c21. The molecule has 0 atom stereocenters. The van der Waals surface area contributed by atoms with Crippen molar-refractivity contribution >= 4 is 23.6 Å². The number of imidazole rings is 1. The summed E-state index contributed by atoms with van der Waals surface area (Å²) < 4.78 is 14.5. The van der Waals surface area contributed by atoms with Crippen LogP contribution in [0.3, 0.4) is 0 Å². The Morgan fingerprint density at radius 2 is 1.76 bits per heavy atom. The minimum atomic E-state index is -0.320. The molecule has 2 aromatic rings. The van der Waals surface area contributed by atoms with Gasteiger partial charge in [0.15, 0.2) is 0 Å². The first kappa shape index (κ1) is 14.6. The summed E-state index contributed by atoms with van der Waals surface area (Å²) in [6.45, 7) is 13.5. The van der Waals surface area contributed by atoms with Gasteiger partial charge in [0, 0.05) is 6.54 Å². The zero-order valence-electron chi connectivity index (χ0n) is 13.7. The molecule has 0 amide bonds. The molecule has 0 saturated carbocycles. The Labute approximate surface area is 126 Å².